The summed E-state index contributed by atoms with van der Waals surface area (Å²) in [4.78, 5) is 16.7. The topological polar surface area (TPSA) is 63.6 Å². The lowest BCUT2D eigenvalue weighted by Crippen LogP contribution is -2.08. The van der Waals surface area contributed by atoms with Crippen molar-refractivity contribution in [3.63, 3.8) is 0 Å². The molecule has 0 amide bonds. The molecule has 32 heavy (non-hydrogen) atoms. The van der Waals surface area contributed by atoms with Gasteiger partial charge in [-0.15, -0.1) is 11.3 Å². The lowest BCUT2D eigenvalue weighted by molar-refractivity contribution is 0.0734. The first kappa shape index (κ1) is 22.5. The number of thiazole rings is 1. The molecule has 3 aromatic carbocycles. The van der Waals surface area contributed by atoms with Crippen LogP contribution in [0.15, 0.2) is 81.7 Å². The number of anilines is 1. The predicted octanol–water partition coefficient (Wildman–Crippen LogP) is 7.54. The van der Waals surface area contributed by atoms with Gasteiger partial charge >= 0.3 is 5.97 Å². The zero-order valence-corrected chi connectivity index (χ0v) is 20.2. The molecule has 1 heterocycles. The van der Waals surface area contributed by atoms with E-state index in [1.807, 2.05) is 17.5 Å². The van der Waals surface area contributed by atoms with Gasteiger partial charge in [0.2, 0.25) is 5.13 Å². The monoisotopic (exact) mass is 545 g/mol. The van der Waals surface area contributed by atoms with E-state index in [9.17, 15) is 4.79 Å². The number of nitrogens with zero attached hydrogens (tertiary/aromatic N) is 2. The van der Waals surface area contributed by atoms with Crippen LogP contribution in [0.3, 0.4) is 0 Å². The molecule has 0 radical (unpaired) electrons. The van der Waals surface area contributed by atoms with Crippen LogP contribution in [-0.2, 0) is 0 Å². The zero-order chi connectivity index (χ0) is 22.5. The maximum atomic E-state index is 12.2. The largest absolute Gasteiger partial charge is 0.423 e. The van der Waals surface area contributed by atoms with E-state index in [4.69, 9.17) is 27.9 Å². The van der Waals surface area contributed by atoms with E-state index in [1.54, 1.807) is 60.8 Å². The number of hydrazone groups is 1. The highest BCUT2D eigenvalue weighted by Gasteiger charge is 2.10. The third kappa shape index (κ3) is 5.75. The molecule has 0 atom stereocenters. The van der Waals surface area contributed by atoms with Crippen molar-refractivity contribution in [1.82, 2.24) is 4.98 Å². The van der Waals surface area contributed by atoms with Gasteiger partial charge in [0.15, 0.2) is 0 Å². The third-order valence-corrected chi connectivity index (χ3v) is 6.02. The summed E-state index contributed by atoms with van der Waals surface area (Å²) >= 11 is 16.9. The molecule has 4 aromatic rings. The van der Waals surface area contributed by atoms with E-state index in [-0.39, 0.29) is 0 Å². The summed E-state index contributed by atoms with van der Waals surface area (Å²) < 4.78 is 6.21. The first-order valence-corrected chi connectivity index (χ1v) is 11.7. The smallest absolute Gasteiger partial charge is 0.343 e. The summed E-state index contributed by atoms with van der Waals surface area (Å²) in [5.74, 6) is 0.0271. The predicted molar refractivity (Wildman–Crippen MR) is 134 cm³/mol. The first-order valence-electron chi connectivity index (χ1n) is 9.26. The van der Waals surface area contributed by atoms with Gasteiger partial charge in [-0.1, -0.05) is 45.2 Å². The number of benzene rings is 3. The Hall–Kier alpha value is -2.71. The van der Waals surface area contributed by atoms with Crippen LogP contribution in [0.2, 0.25) is 10.0 Å². The summed E-state index contributed by atoms with van der Waals surface area (Å²) in [6.45, 7) is 0. The fourth-order valence-corrected chi connectivity index (χ4v) is 4.28. The molecule has 0 unspecified atom stereocenters. The molecule has 0 aliphatic heterocycles. The van der Waals surface area contributed by atoms with Crippen molar-refractivity contribution in [2.45, 2.75) is 0 Å². The van der Waals surface area contributed by atoms with Gasteiger partial charge in [0.1, 0.15) is 5.75 Å². The highest BCUT2D eigenvalue weighted by atomic mass is 79.9. The number of halogens is 3. The van der Waals surface area contributed by atoms with Crippen molar-refractivity contribution in [3.8, 4) is 17.0 Å². The summed E-state index contributed by atoms with van der Waals surface area (Å²) in [7, 11) is 0. The maximum Gasteiger partial charge on any atom is 0.343 e. The van der Waals surface area contributed by atoms with Crippen molar-refractivity contribution in [3.05, 3.63) is 97.8 Å². The van der Waals surface area contributed by atoms with Crippen molar-refractivity contribution >= 4 is 67.8 Å². The summed E-state index contributed by atoms with van der Waals surface area (Å²) in [5.41, 5.74) is 5.75. The molecule has 0 saturated heterocycles. The Labute approximate surface area is 206 Å². The molecule has 1 N–H and O–H groups in total. The Morgan fingerprint density at radius 1 is 1.09 bits per heavy atom. The molecule has 0 spiro atoms. The minimum atomic E-state index is -0.422. The van der Waals surface area contributed by atoms with Crippen LogP contribution in [-0.4, -0.2) is 17.2 Å². The van der Waals surface area contributed by atoms with Gasteiger partial charge in [0.05, 0.1) is 22.5 Å². The number of hydrogen-bond donors (Lipinski definition) is 1. The number of carbonyl (C=O) groups excluding carboxylic acids is 1. The van der Waals surface area contributed by atoms with Crippen LogP contribution in [0.25, 0.3) is 11.3 Å². The number of hydrogen-bond acceptors (Lipinski definition) is 6. The summed E-state index contributed by atoms with van der Waals surface area (Å²) in [5, 5.41) is 7.84. The molecular formula is C23H14BrCl2N3O2S. The molecule has 0 aliphatic rings. The molecule has 5 nitrogen and oxygen atoms in total. The lowest BCUT2D eigenvalue weighted by atomic mass is 10.2. The van der Waals surface area contributed by atoms with E-state index in [0.29, 0.717) is 26.5 Å². The van der Waals surface area contributed by atoms with Gasteiger partial charge in [0, 0.05) is 20.4 Å². The highest BCUT2D eigenvalue weighted by Crippen LogP contribution is 2.32. The zero-order valence-electron chi connectivity index (χ0n) is 16.3. The Bertz CT molecular complexity index is 1290. The van der Waals surface area contributed by atoms with E-state index < -0.39 is 5.97 Å². The van der Waals surface area contributed by atoms with Crippen LogP contribution < -0.4 is 10.2 Å². The van der Waals surface area contributed by atoms with Crippen molar-refractivity contribution < 1.29 is 9.53 Å². The number of rotatable bonds is 6. The van der Waals surface area contributed by atoms with E-state index in [0.717, 1.165) is 21.3 Å². The van der Waals surface area contributed by atoms with Crippen LogP contribution in [0.1, 0.15) is 15.9 Å². The lowest BCUT2D eigenvalue weighted by Gasteiger charge is -2.05. The molecule has 4 rings (SSSR count). The van der Waals surface area contributed by atoms with Gasteiger partial charge in [-0.05, 0) is 66.2 Å². The number of aromatic nitrogens is 1. The van der Waals surface area contributed by atoms with Crippen LogP contribution in [0.5, 0.6) is 5.75 Å². The van der Waals surface area contributed by atoms with Crippen LogP contribution >= 0.6 is 50.5 Å². The van der Waals surface area contributed by atoms with Gasteiger partial charge in [-0.2, -0.15) is 5.10 Å². The Balaban J connectivity index is 1.35. The van der Waals surface area contributed by atoms with Gasteiger partial charge < -0.3 is 4.74 Å². The summed E-state index contributed by atoms with van der Waals surface area (Å²) in [6, 6.07) is 19.3. The van der Waals surface area contributed by atoms with Crippen molar-refractivity contribution in [2.24, 2.45) is 5.10 Å². The molecule has 0 aliphatic carbocycles. The number of carbonyl (C=O) groups is 1. The molecule has 0 fully saturated rings. The second-order valence-electron chi connectivity index (χ2n) is 6.50. The Morgan fingerprint density at radius 3 is 2.66 bits per heavy atom. The standard InChI is InChI=1S/C23H14BrCl2N3O2S/c24-16-3-1-2-15(10-16)22(30)31-18-7-4-14(5-8-18)12-27-29-23-28-21(13-32-23)19-9-6-17(25)11-20(19)26/h1-13H,(H,28,29). The fourth-order valence-electron chi connectivity index (χ4n) is 2.71. The minimum absolute atomic E-state index is 0.422. The first-order chi connectivity index (χ1) is 15.5. The molecule has 9 heteroatoms. The Morgan fingerprint density at radius 2 is 1.91 bits per heavy atom. The quantitative estimate of drug-likeness (QED) is 0.117. The molecule has 0 saturated carbocycles. The maximum absolute atomic E-state index is 12.2. The Kier molecular flexibility index (Phi) is 7.22. The second-order valence-corrected chi connectivity index (χ2v) is 9.12. The third-order valence-electron chi connectivity index (χ3n) is 4.24. The molecule has 160 valence electrons. The van der Waals surface area contributed by atoms with Gasteiger partial charge in [0.25, 0.3) is 0 Å². The van der Waals surface area contributed by atoms with Crippen LogP contribution in [0.4, 0.5) is 5.13 Å². The normalized spacial score (nSPS) is 11.0. The highest BCUT2D eigenvalue weighted by molar-refractivity contribution is 9.10. The molecular weight excluding hydrogens is 533 g/mol. The second kappa shape index (κ2) is 10.3. The average molecular weight is 547 g/mol. The fraction of sp³-hybridized carbons (Fsp3) is 0. The SMILES string of the molecule is O=C(Oc1ccc(C=NNc2nc(-c3ccc(Cl)cc3Cl)cs2)cc1)c1cccc(Br)c1. The number of esters is 1. The molecule has 1 aromatic heterocycles. The number of ether oxygens (including phenoxy) is 1. The van der Waals surface area contributed by atoms with Crippen molar-refractivity contribution in [1.29, 1.82) is 0 Å². The van der Waals surface area contributed by atoms with Gasteiger partial charge in [-0.3, -0.25) is 5.43 Å². The van der Waals surface area contributed by atoms with E-state index in [1.165, 1.54) is 11.3 Å². The minimum Gasteiger partial charge on any atom is -0.423 e. The van der Waals surface area contributed by atoms with Crippen LogP contribution in [0, 0.1) is 0 Å². The summed E-state index contributed by atoms with van der Waals surface area (Å²) in [6.07, 6.45) is 1.65. The van der Waals surface area contributed by atoms with E-state index in [2.05, 4.69) is 31.4 Å². The van der Waals surface area contributed by atoms with Gasteiger partial charge in [-0.25, -0.2) is 9.78 Å². The molecule has 0 bridgehead atoms. The number of nitrogens with one attached hydrogen (secondary N) is 1. The van der Waals surface area contributed by atoms with E-state index >= 15 is 0 Å². The van der Waals surface area contributed by atoms with Crippen molar-refractivity contribution in [2.75, 3.05) is 5.43 Å². The average Bonchev–Trinajstić information content (AvgIpc) is 3.23.